The molecule has 0 bridgehead atoms. The molecule has 0 radical (unpaired) electrons. The van der Waals surface area contributed by atoms with Gasteiger partial charge in [0, 0.05) is 0 Å². The van der Waals surface area contributed by atoms with Crippen LogP contribution in [0.25, 0.3) is 0 Å². The van der Waals surface area contributed by atoms with E-state index in [1.165, 1.54) is 50.5 Å². The Bertz CT molecular complexity index is 818. The van der Waals surface area contributed by atoms with Crippen LogP contribution in [0.4, 0.5) is 0 Å². The van der Waals surface area contributed by atoms with Crippen LogP contribution in [0.2, 0.25) is 0 Å². The molecule has 5 saturated carbocycles. The van der Waals surface area contributed by atoms with Gasteiger partial charge in [0.25, 0.3) is 0 Å². The number of carbonyl (C=O) groups excluding carboxylic acids is 1. The van der Waals surface area contributed by atoms with E-state index in [0.29, 0.717) is 34.0 Å². The molecule has 2 heteroatoms. The van der Waals surface area contributed by atoms with Gasteiger partial charge in [0.1, 0.15) is 6.29 Å². The fourth-order valence-corrected chi connectivity index (χ4v) is 11.4. The molecule has 0 aromatic rings. The molecule has 5 rings (SSSR count). The Morgan fingerprint density at radius 1 is 0.844 bits per heavy atom. The minimum absolute atomic E-state index is 0.167. The maximum absolute atomic E-state index is 12.3. The van der Waals surface area contributed by atoms with Crippen molar-refractivity contribution in [1.82, 2.24) is 0 Å². The van der Waals surface area contributed by atoms with Gasteiger partial charge in [0.2, 0.25) is 0 Å². The van der Waals surface area contributed by atoms with E-state index in [4.69, 9.17) is 0 Å². The second-order valence-corrected chi connectivity index (χ2v) is 14.4. The minimum Gasteiger partial charge on any atom is -0.392 e. The zero-order valence-corrected chi connectivity index (χ0v) is 21.7. The fourth-order valence-electron chi connectivity index (χ4n) is 11.4. The molecule has 5 fully saturated rings. The van der Waals surface area contributed by atoms with Crippen molar-refractivity contribution in [3.63, 3.8) is 0 Å². The van der Waals surface area contributed by atoms with Gasteiger partial charge in [-0.05, 0) is 122 Å². The van der Waals surface area contributed by atoms with E-state index in [1.807, 2.05) is 0 Å². The summed E-state index contributed by atoms with van der Waals surface area (Å²) in [6.07, 6.45) is 13.0. The number of carbonyl (C=O) groups is 1. The van der Waals surface area contributed by atoms with E-state index in [2.05, 4.69) is 48.1 Å². The standard InChI is InChI=1S/C30H48O2/c1-19(2)20-10-13-26(3)16-17-29(6)21(25(20)26)8-9-23-27(4)14-12-24(32)28(5,18-31)22(27)11-15-30(23,29)7/h18,20-25,32H,1,8-17H2,2-7H3/t20-,21+,22+,23+,24-,25+,26+,27-,28?,29+,30+/m0/s1. The third-order valence-electron chi connectivity index (χ3n) is 13.4. The van der Waals surface area contributed by atoms with Gasteiger partial charge in [-0.2, -0.15) is 0 Å². The number of aliphatic hydroxyl groups excluding tert-OH is 1. The number of hydrogen-bond donors (Lipinski definition) is 1. The average Bonchev–Trinajstić information content (AvgIpc) is 3.09. The molecule has 2 nitrogen and oxygen atoms in total. The van der Waals surface area contributed by atoms with Crippen LogP contribution in [0.5, 0.6) is 0 Å². The predicted octanol–water partition coefficient (Wildman–Crippen LogP) is 7.20. The molecule has 1 N–H and O–H groups in total. The summed E-state index contributed by atoms with van der Waals surface area (Å²) in [4.78, 5) is 12.3. The lowest BCUT2D eigenvalue weighted by Gasteiger charge is -2.72. The summed E-state index contributed by atoms with van der Waals surface area (Å²) in [6.45, 7) is 19.3. The van der Waals surface area contributed by atoms with Gasteiger partial charge >= 0.3 is 0 Å². The van der Waals surface area contributed by atoms with Crippen LogP contribution >= 0.6 is 0 Å². The van der Waals surface area contributed by atoms with E-state index in [0.717, 1.165) is 37.4 Å². The maximum Gasteiger partial charge on any atom is 0.128 e. The lowest BCUT2D eigenvalue weighted by atomic mass is 9.32. The van der Waals surface area contributed by atoms with Crippen molar-refractivity contribution < 1.29 is 9.90 Å². The first-order valence-corrected chi connectivity index (χ1v) is 13.7. The molecule has 5 aliphatic rings. The van der Waals surface area contributed by atoms with Crippen molar-refractivity contribution >= 4 is 6.29 Å². The Balaban J connectivity index is 1.55. The first-order chi connectivity index (χ1) is 14.9. The Kier molecular flexibility index (Phi) is 5.03. The largest absolute Gasteiger partial charge is 0.392 e. The van der Waals surface area contributed by atoms with Crippen molar-refractivity contribution in [2.75, 3.05) is 0 Å². The number of fused-ring (bicyclic) bond motifs is 7. The van der Waals surface area contributed by atoms with Gasteiger partial charge < -0.3 is 9.90 Å². The summed E-state index contributed by atoms with van der Waals surface area (Å²) in [5.74, 6) is 3.29. The zero-order valence-electron chi connectivity index (χ0n) is 21.7. The first-order valence-electron chi connectivity index (χ1n) is 13.7. The van der Waals surface area contributed by atoms with Crippen molar-refractivity contribution in [3.8, 4) is 0 Å². The second-order valence-electron chi connectivity index (χ2n) is 14.4. The Hall–Kier alpha value is -0.630. The Morgan fingerprint density at radius 2 is 1.56 bits per heavy atom. The summed E-state index contributed by atoms with van der Waals surface area (Å²) in [5, 5.41) is 10.9. The van der Waals surface area contributed by atoms with Gasteiger partial charge in [-0.1, -0.05) is 46.8 Å². The second kappa shape index (κ2) is 6.96. The van der Waals surface area contributed by atoms with Crippen LogP contribution in [-0.2, 0) is 4.79 Å². The molecule has 0 aliphatic heterocycles. The van der Waals surface area contributed by atoms with Gasteiger partial charge in [0.15, 0.2) is 0 Å². The lowest BCUT2D eigenvalue weighted by molar-refractivity contribution is -0.244. The summed E-state index contributed by atoms with van der Waals surface area (Å²) >= 11 is 0. The monoisotopic (exact) mass is 440 g/mol. The zero-order chi connectivity index (χ0) is 23.3. The number of rotatable bonds is 2. The molecule has 5 aliphatic carbocycles. The third-order valence-corrected chi connectivity index (χ3v) is 13.4. The summed E-state index contributed by atoms with van der Waals surface area (Å²) in [5.41, 5.74) is 2.22. The Labute approximate surface area is 197 Å². The highest BCUT2D eigenvalue weighted by molar-refractivity contribution is 5.61. The van der Waals surface area contributed by atoms with E-state index in [9.17, 15) is 9.90 Å². The molecule has 0 aromatic heterocycles. The van der Waals surface area contributed by atoms with Crippen LogP contribution in [0.1, 0.15) is 106 Å². The van der Waals surface area contributed by atoms with Crippen molar-refractivity contribution in [1.29, 1.82) is 0 Å². The fraction of sp³-hybridized carbons (Fsp3) is 0.900. The lowest BCUT2D eigenvalue weighted by Crippen LogP contribution is -2.67. The molecule has 180 valence electrons. The smallest absolute Gasteiger partial charge is 0.128 e. The SMILES string of the molecule is C=C(C)[C@@H]1CC[C@]2(C)CC[C@]3(C)[C@H](CC[C@@H]4[C@@]5(C)CC[C@H](O)C(C)(C=O)[C@@H]5CC[C@]43C)[C@@H]12. The van der Waals surface area contributed by atoms with Gasteiger partial charge in [0.05, 0.1) is 11.5 Å². The number of aliphatic hydroxyl groups is 1. The van der Waals surface area contributed by atoms with Crippen LogP contribution in [0.15, 0.2) is 12.2 Å². The van der Waals surface area contributed by atoms with E-state index in [1.54, 1.807) is 0 Å². The molecule has 0 spiro atoms. The molecular formula is C30H48O2. The number of allylic oxidation sites excluding steroid dienone is 1. The molecule has 0 aromatic carbocycles. The predicted molar refractivity (Wildman–Crippen MR) is 131 cm³/mol. The molecule has 11 atom stereocenters. The molecular weight excluding hydrogens is 392 g/mol. The summed E-state index contributed by atoms with van der Waals surface area (Å²) in [6, 6.07) is 0. The molecule has 0 amide bonds. The van der Waals surface area contributed by atoms with Crippen LogP contribution in [0.3, 0.4) is 0 Å². The molecule has 0 heterocycles. The summed E-state index contributed by atoms with van der Waals surface area (Å²) in [7, 11) is 0. The topological polar surface area (TPSA) is 37.3 Å². The highest BCUT2D eigenvalue weighted by Gasteiger charge is 2.70. The van der Waals surface area contributed by atoms with Gasteiger partial charge in [-0.25, -0.2) is 0 Å². The number of aldehydes is 1. The Morgan fingerprint density at radius 3 is 2.22 bits per heavy atom. The normalized spacial score (nSPS) is 59.3. The summed E-state index contributed by atoms with van der Waals surface area (Å²) < 4.78 is 0. The quantitative estimate of drug-likeness (QED) is 0.364. The highest BCUT2D eigenvalue weighted by atomic mass is 16.3. The van der Waals surface area contributed by atoms with E-state index in [-0.39, 0.29) is 5.41 Å². The van der Waals surface area contributed by atoms with Crippen molar-refractivity contribution in [2.24, 2.45) is 56.7 Å². The third kappa shape index (κ3) is 2.60. The van der Waals surface area contributed by atoms with Gasteiger partial charge in [-0.3, -0.25) is 0 Å². The van der Waals surface area contributed by atoms with Gasteiger partial charge in [-0.15, -0.1) is 0 Å². The average molecular weight is 441 g/mol. The molecule has 0 saturated heterocycles. The first kappa shape index (κ1) is 23.1. The van der Waals surface area contributed by atoms with E-state index >= 15 is 0 Å². The highest BCUT2D eigenvalue weighted by Crippen LogP contribution is 2.77. The van der Waals surface area contributed by atoms with E-state index < -0.39 is 11.5 Å². The number of hydrogen-bond acceptors (Lipinski definition) is 2. The van der Waals surface area contributed by atoms with Crippen molar-refractivity contribution in [3.05, 3.63) is 12.2 Å². The van der Waals surface area contributed by atoms with Crippen LogP contribution in [-0.4, -0.2) is 17.5 Å². The van der Waals surface area contributed by atoms with Crippen LogP contribution in [0, 0.1) is 56.7 Å². The molecule has 32 heavy (non-hydrogen) atoms. The van der Waals surface area contributed by atoms with Crippen LogP contribution < -0.4 is 0 Å². The minimum atomic E-state index is -0.576. The molecule has 1 unspecified atom stereocenters. The maximum atomic E-state index is 12.3. The van der Waals surface area contributed by atoms with Crippen molar-refractivity contribution in [2.45, 2.75) is 112 Å².